The predicted octanol–water partition coefficient (Wildman–Crippen LogP) is 6.03. The Hall–Kier alpha value is -1.43. The summed E-state index contributed by atoms with van der Waals surface area (Å²) >= 11 is 13.7. The second kappa shape index (κ2) is 7.21. The maximum atomic E-state index is 6.08. The molecule has 126 valence electrons. The van der Waals surface area contributed by atoms with E-state index >= 15 is 0 Å². The third kappa shape index (κ3) is 3.48. The lowest BCUT2D eigenvalue weighted by atomic mass is 10.2. The molecule has 0 radical (unpaired) electrons. The first kappa shape index (κ1) is 17.4. The maximum Gasteiger partial charge on any atom is 0.192 e. The first-order valence-electron chi connectivity index (χ1n) is 7.53. The summed E-state index contributed by atoms with van der Waals surface area (Å²) in [7, 11) is 0. The summed E-state index contributed by atoms with van der Waals surface area (Å²) in [5, 5.41) is 10.7. The van der Waals surface area contributed by atoms with Crippen molar-refractivity contribution in [2.45, 2.75) is 37.7 Å². The minimum absolute atomic E-state index is 0.237. The van der Waals surface area contributed by atoms with Crippen molar-refractivity contribution in [1.82, 2.24) is 14.8 Å². The third-order valence-electron chi connectivity index (χ3n) is 3.63. The standard InChI is InChI=1S/C17H17Cl2N3OS/c1-10(2)22-16(13-6-7-23-11(13)3)20-21-17(22)24-9-12-4-5-14(18)15(19)8-12/h4-8,10H,9H2,1-3H3. The lowest BCUT2D eigenvalue weighted by molar-refractivity contribution is 0.531. The Morgan fingerprint density at radius 2 is 1.96 bits per heavy atom. The molecule has 0 aliphatic carbocycles. The summed E-state index contributed by atoms with van der Waals surface area (Å²) < 4.78 is 7.53. The van der Waals surface area contributed by atoms with Crippen LogP contribution in [0.4, 0.5) is 0 Å². The van der Waals surface area contributed by atoms with Gasteiger partial charge in [-0.1, -0.05) is 41.0 Å². The van der Waals surface area contributed by atoms with Crippen molar-refractivity contribution < 1.29 is 4.42 Å². The maximum absolute atomic E-state index is 6.08. The van der Waals surface area contributed by atoms with Gasteiger partial charge in [0.25, 0.3) is 0 Å². The molecule has 2 heterocycles. The van der Waals surface area contributed by atoms with Gasteiger partial charge in [-0.05, 0) is 44.5 Å². The van der Waals surface area contributed by atoms with Crippen molar-refractivity contribution in [3.8, 4) is 11.4 Å². The van der Waals surface area contributed by atoms with Gasteiger partial charge in [-0.3, -0.25) is 4.57 Å². The molecule has 7 heteroatoms. The van der Waals surface area contributed by atoms with E-state index in [1.54, 1.807) is 18.0 Å². The molecule has 0 bridgehead atoms. The molecular weight excluding hydrogens is 365 g/mol. The van der Waals surface area contributed by atoms with E-state index in [1.807, 2.05) is 31.2 Å². The summed E-state index contributed by atoms with van der Waals surface area (Å²) in [5.74, 6) is 2.41. The fraction of sp³-hybridized carbons (Fsp3) is 0.294. The number of thioether (sulfide) groups is 1. The third-order valence-corrected chi connectivity index (χ3v) is 5.39. The number of halogens is 2. The molecule has 0 amide bonds. The Balaban J connectivity index is 1.87. The first-order chi connectivity index (χ1) is 11.5. The molecule has 0 aliphatic heterocycles. The van der Waals surface area contributed by atoms with E-state index < -0.39 is 0 Å². The van der Waals surface area contributed by atoms with Crippen LogP contribution in [0.1, 0.15) is 31.2 Å². The van der Waals surface area contributed by atoms with Crippen LogP contribution >= 0.6 is 35.0 Å². The highest BCUT2D eigenvalue weighted by molar-refractivity contribution is 7.98. The van der Waals surface area contributed by atoms with Gasteiger partial charge in [-0.15, -0.1) is 10.2 Å². The van der Waals surface area contributed by atoms with Crippen molar-refractivity contribution in [2.75, 3.05) is 0 Å². The lowest BCUT2D eigenvalue weighted by Gasteiger charge is -2.13. The fourth-order valence-corrected chi connectivity index (χ4v) is 3.75. The van der Waals surface area contributed by atoms with E-state index in [1.165, 1.54) is 0 Å². The van der Waals surface area contributed by atoms with Crippen LogP contribution in [0.25, 0.3) is 11.4 Å². The van der Waals surface area contributed by atoms with Crippen LogP contribution in [-0.2, 0) is 5.75 Å². The quantitative estimate of drug-likeness (QED) is 0.506. The molecule has 0 spiro atoms. The van der Waals surface area contributed by atoms with E-state index in [4.69, 9.17) is 27.6 Å². The zero-order valence-corrected chi connectivity index (χ0v) is 15.9. The van der Waals surface area contributed by atoms with Gasteiger partial charge in [0.2, 0.25) is 0 Å². The molecular formula is C17H17Cl2N3OS. The number of hydrogen-bond donors (Lipinski definition) is 0. The van der Waals surface area contributed by atoms with E-state index in [0.717, 1.165) is 33.6 Å². The molecule has 3 rings (SSSR count). The average molecular weight is 382 g/mol. The highest BCUT2D eigenvalue weighted by Crippen LogP contribution is 2.32. The van der Waals surface area contributed by atoms with Gasteiger partial charge < -0.3 is 4.42 Å². The van der Waals surface area contributed by atoms with Gasteiger partial charge in [0.1, 0.15) is 5.76 Å². The number of aromatic nitrogens is 3. The highest BCUT2D eigenvalue weighted by atomic mass is 35.5. The molecule has 0 atom stereocenters. The number of furan rings is 1. The van der Waals surface area contributed by atoms with Crippen molar-refractivity contribution in [3.05, 3.63) is 51.9 Å². The second-order valence-electron chi connectivity index (χ2n) is 5.70. The summed E-state index contributed by atoms with van der Waals surface area (Å²) in [6.45, 7) is 6.16. The van der Waals surface area contributed by atoms with Gasteiger partial charge in [-0.25, -0.2) is 0 Å². The van der Waals surface area contributed by atoms with Gasteiger partial charge in [-0.2, -0.15) is 0 Å². The molecule has 0 saturated heterocycles. The molecule has 0 fully saturated rings. The summed E-state index contributed by atoms with van der Waals surface area (Å²) in [6, 6.07) is 7.83. The molecule has 0 unspecified atom stereocenters. The molecule has 0 aliphatic rings. The molecule has 24 heavy (non-hydrogen) atoms. The van der Waals surface area contributed by atoms with E-state index in [0.29, 0.717) is 10.0 Å². The Kier molecular flexibility index (Phi) is 5.23. The van der Waals surface area contributed by atoms with Crippen molar-refractivity contribution >= 4 is 35.0 Å². The minimum atomic E-state index is 0.237. The Bertz CT molecular complexity index is 857. The number of benzene rings is 1. The van der Waals surface area contributed by atoms with Crippen molar-refractivity contribution in [2.24, 2.45) is 0 Å². The van der Waals surface area contributed by atoms with Crippen LogP contribution in [0.15, 0.2) is 40.1 Å². The zero-order valence-electron chi connectivity index (χ0n) is 13.6. The van der Waals surface area contributed by atoms with Gasteiger partial charge in [0.05, 0.1) is 21.9 Å². The molecule has 3 aromatic rings. The highest BCUT2D eigenvalue weighted by Gasteiger charge is 2.19. The monoisotopic (exact) mass is 381 g/mol. The number of hydrogen-bond acceptors (Lipinski definition) is 4. The van der Waals surface area contributed by atoms with Gasteiger partial charge in [0.15, 0.2) is 11.0 Å². The molecule has 2 aromatic heterocycles. The molecule has 0 saturated carbocycles. The first-order valence-corrected chi connectivity index (χ1v) is 9.27. The van der Waals surface area contributed by atoms with Crippen LogP contribution in [-0.4, -0.2) is 14.8 Å². The molecule has 4 nitrogen and oxygen atoms in total. The van der Waals surface area contributed by atoms with Gasteiger partial charge in [0, 0.05) is 11.8 Å². The number of nitrogens with zero attached hydrogens (tertiary/aromatic N) is 3. The lowest BCUT2D eigenvalue weighted by Crippen LogP contribution is -2.05. The number of aryl methyl sites for hydroxylation is 1. The van der Waals surface area contributed by atoms with Crippen molar-refractivity contribution in [3.63, 3.8) is 0 Å². The Morgan fingerprint density at radius 3 is 2.58 bits per heavy atom. The Labute approximate surface area is 155 Å². The van der Waals surface area contributed by atoms with Crippen LogP contribution < -0.4 is 0 Å². The topological polar surface area (TPSA) is 43.9 Å². The predicted molar refractivity (Wildman–Crippen MR) is 98.9 cm³/mol. The minimum Gasteiger partial charge on any atom is -0.469 e. The Morgan fingerprint density at radius 1 is 1.17 bits per heavy atom. The average Bonchev–Trinajstić information content (AvgIpc) is 3.14. The SMILES string of the molecule is Cc1occc1-c1nnc(SCc2ccc(Cl)c(Cl)c2)n1C(C)C. The zero-order chi connectivity index (χ0) is 17.3. The largest absolute Gasteiger partial charge is 0.469 e. The van der Waals surface area contributed by atoms with E-state index in [2.05, 4.69) is 28.6 Å². The summed E-state index contributed by atoms with van der Waals surface area (Å²) in [6.07, 6.45) is 1.67. The molecule has 1 aromatic carbocycles. The van der Waals surface area contributed by atoms with E-state index in [-0.39, 0.29) is 6.04 Å². The van der Waals surface area contributed by atoms with Crippen molar-refractivity contribution in [1.29, 1.82) is 0 Å². The van der Waals surface area contributed by atoms with Crippen LogP contribution in [0.3, 0.4) is 0 Å². The fourth-order valence-electron chi connectivity index (χ4n) is 2.42. The molecule has 0 N–H and O–H groups in total. The van der Waals surface area contributed by atoms with E-state index in [9.17, 15) is 0 Å². The van der Waals surface area contributed by atoms with Crippen LogP contribution in [0, 0.1) is 6.92 Å². The summed E-state index contributed by atoms with van der Waals surface area (Å²) in [5.41, 5.74) is 2.06. The normalized spacial score (nSPS) is 11.4. The summed E-state index contributed by atoms with van der Waals surface area (Å²) in [4.78, 5) is 0. The smallest absolute Gasteiger partial charge is 0.192 e. The van der Waals surface area contributed by atoms with Crippen LogP contribution in [0.2, 0.25) is 10.0 Å². The second-order valence-corrected chi connectivity index (χ2v) is 7.45. The van der Waals surface area contributed by atoms with Crippen LogP contribution in [0.5, 0.6) is 0 Å². The number of rotatable bonds is 5. The van der Waals surface area contributed by atoms with Gasteiger partial charge >= 0.3 is 0 Å².